The van der Waals surface area contributed by atoms with Gasteiger partial charge in [0.05, 0.1) is 6.10 Å². The summed E-state index contributed by atoms with van der Waals surface area (Å²) >= 11 is 0. The SMILES string of the molecule is CCC(O)/C=C/C=C/C=C\C(=O)CCCCCCCC(=O)O. The lowest BCUT2D eigenvalue weighted by molar-refractivity contribution is -0.137. The van der Waals surface area contributed by atoms with Crippen molar-refractivity contribution in [1.82, 2.24) is 0 Å². The van der Waals surface area contributed by atoms with Crippen LogP contribution in [-0.2, 0) is 9.59 Å². The molecule has 4 nitrogen and oxygen atoms in total. The van der Waals surface area contributed by atoms with Gasteiger partial charge in [-0.2, -0.15) is 0 Å². The van der Waals surface area contributed by atoms with Gasteiger partial charge in [-0.15, -0.1) is 0 Å². The standard InChI is InChI=1S/C18H28O4/c1-2-16(19)12-8-6-7-10-14-17(20)13-9-4-3-5-11-15-18(21)22/h6-8,10,12,14,16,19H,2-5,9,11,13,15H2,1H3,(H,21,22)/b7-6+,12-8+,14-10-. The number of carbonyl (C=O) groups is 2. The van der Waals surface area contributed by atoms with E-state index in [0.29, 0.717) is 19.3 Å². The second-order valence-corrected chi connectivity index (χ2v) is 5.23. The Morgan fingerprint density at radius 2 is 1.50 bits per heavy atom. The molecule has 0 aromatic carbocycles. The highest BCUT2D eigenvalue weighted by Gasteiger charge is 1.98. The Morgan fingerprint density at radius 3 is 2.14 bits per heavy atom. The van der Waals surface area contributed by atoms with Gasteiger partial charge in [0.15, 0.2) is 5.78 Å². The number of carboxylic acids is 1. The normalized spacial score (nSPS) is 13.4. The van der Waals surface area contributed by atoms with Crippen LogP contribution >= 0.6 is 0 Å². The summed E-state index contributed by atoms with van der Waals surface area (Å²) in [6, 6.07) is 0. The number of hydrogen-bond acceptors (Lipinski definition) is 3. The molecule has 0 radical (unpaired) electrons. The molecule has 1 unspecified atom stereocenters. The second kappa shape index (κ2) is 14.3. The average molecular weight is 308 g/mol. The number of ketones is 1. The number of aliphatic carboxylic acids is 1. The van der Waals surface area contributed by atoms with Crippen LogP contribution in [0.3, 0.4) is 0 Å². The van der Waals surface area contributed by atoms with Gasteiger partial charge < -0.3 is 10.2 Å². The molecule has 1 atom stereocenters. The van der Waals surface area contributed by atoms with Gasteiger partial charge >= 0.3 is 5.97 Å². The fourth-order valence-corrected chi connectivity index (χ4v) is 1.81. The zero-order valence-electron chi connectivity index (χ0n) is 13.4. The van der Waals surface area contributed by atoms with Gasteiger partial charge in [0.1, 0.15) is 0 Å². The van der Waals surface area contributed by atoms with E-state index < -0.39 is 12.1 Å². The molecule has 0 heterocycles. The van der Waals surface area contributed by atoms with Crippen LogP contribution in [0.1, 0.15) is 58.3 Å². The fraction of sp³-hybridized carbons (Fsp3) is 0.556. The summed E-state index contributed by atoms with van der Waals surface area (Å²) in [5, 5.41) is 17.8. The molecule has 0 fully saturated rings. The van der Waals surface area contributed by atoms with Crippen LogP contribution in [0.2, 0.25) is 0 Å². The van der Waals surface area contributed by atoms with Crippen LogP contribution in [0, 0.1) is 0 Å². The first-order valence-electron chi connectivity index (χ1n) is 8.00. The predicted octanol–water partition coefficient (Wildman–Crippen LogP) is 3.81. The van der Waals surface area contributed by atoms with E-state index in [2.05, 4.69) is 0 Å². The summed E-state index contributed by atoms with van der Waals surface area (Å²) in [5.74, 6) is -0.639. The van der Waals surface area contributed by atoms with Crippen molar-refractivity contribution in [2.24, 2.45) is 0 Å². The Bertz CT molecular complexity index is 394. The van der Waals surface area contributed by atoms with Gasteiger partial charge in [0.2, 0.25) is 0 Å². The first kappa shape index (κ1) is 20.3. The third-order valence-corrected chi connectivity index (χ3v) is 3.18. The number of allylic oxidation sites excluding steroid dienone is 5. The third-order valence-electron chi connectivity index (χ3n) is 3.18. The van der Waals surface area contributed by atoms with Crippen molar-refractivity contribution in [1.29, 1.82) is 0 Å². The maximum Gasteiger partial charge on any atom is 0.303 e. The van der Waals surface area contributed by atoms with Gasteiger partial charge in [-0.1, -0.05) is 56.6 Å². The lowest BCUT2D eigenvalue weighted by Crippen LogP contribution is -1.97. The van der Waals surface area contributed by atoms with Crippen LogP contribution < -0.4 is 0 Å². The molecule has 2 N–H and O–H groups in total. The minimum atomic E-state index is -0.743. The van der Waals surface area contributed by atoms with Gasteiger partial charge in [0, 0.05) is 12.8 Å². The first-order valence-corrected chi connectivity index (χ1v) is 8.00. The van der Waals surface area contributed by atoms with Crippen molar-refractivity contribution in [2.75, 3.05) is 0 Å². The maximum atomic E-state index is 11.6. The lowest BCUT2D eigenvalue weighted by atomic mass is 10.1. The van der Waals surface area contributed by atoms with Crippen molar-refractivity contribution < 1.29 is 19.8 Å². The van der Waals surface area contributed by atoms with E-state index >= 15 is 0 Å². The van der Waals surface area contributed by atoms with Gasteiger partial charge in [-0.3, -0.25) is 9.59 Å². The van der Waals surface area contributed by atoms with Crippen molar-refractivity contribution in [3.8, 4) is 0 Å². The van der Waals surface area contributed by atoms with E-state index in [1.807, 2.05) is 6.92 Å². The highest BCUT2D eigenvalue weighted by molar-refractivity contribution is 5.89. The zero-order valence-corrected chi connectivity index (χ0v) is 13.4. The minimum absolute atomic E-state index is 0.104. The molecule has 124 valence electrons. The molecule has 0 aliphatic heterocycles. The molecule has 0 amide bonds. The summed E-state index contributed by atoms with van der Waals surface area (Å²) in [5.41, 5.74) is 0. The fourth-order valence-electron chi connectivity index (χ4n) is 1.81. The molecule has 0 aliphatic carbocycles. The number of unbranched alkanes of at least 4 members (excludes halogenated alkanes) is 4. The number of carboxylic acid groups (broad SMARTS) is 1. The van der Waals surface area contributed by atoms with E-state index in [0.717, 1.165) is 25.7 Å². The molecule has 0 spiro atoms. The van der Waals surface area contributed by atoms with Crippen molar-refractivity contribution in [3.05, 3.63) is 36.5 Å². The second-order valence-electron chi connectivity index (χ2n) is 5.23. The summed E-state index contributed by atoms with van der Waals surface area (Å²) < 4.78 is 0. The van der Waals surface area contributed by atoms with Crippen LogP contribution in [-0.4, -0.2) is 28.1 Å². The quantitative estimate of drug-likeness (QED) is 0.308. The molecular weight excluding hydrogens is 280 g/mol. The molecule has 0 aromatic heterocycles. The van der Waals surface area contributed by atoms with Gasteiger partial charge in [-0.25, -0.2) is 0 Å². The molecule has 0 aliphatic rings. The minimum Gasteiger partial charge on any atom is -0.481 e. The Balaban J connectivity index is 3.60. The molecular formula is C18H28O4. The number of rotatable bonds is 13. The van der Waals surface area contributed by atoms with Gasteiger partial charge in [0.25, 0.3) is 0 Å². The highest BCUT2D eigenvalue weighted by Crippen LogP contribution is 2.07. The topological polar surface area (TPSA) is 74.6 Å². The maximum absolute atomic E-state index is 11.6. The summed E-state index contributed by atoms with van der Waals surface area (Å²) in [7, 11) is 0. The van der Waals surface area contributed by atoms with E-state index in [1.54, 1.807) is 36.5 Å². The molecule has 0 aromatic rings. The summed E-state index contributed by atoms with van der Waals surface area (Å²) in [4.78, 5) is 21.9. The van der Waals surface area contributed by atoms with Gasteiger partial charge in [-0.05, 0) is 25.3 Å². The zero-order chi connectivity index (χ0) is 16.6. The molecule has 22 heavy (non-hydrogen) atoms. The Morgan fingerprint density at radius 1 is 0.909 bits per heavy atom. The van der Waals surface area contributed by atoms with Crippen molar-refractivity contribution in [2.45, 2.75) is 64.4 Å². The van der Waals surface area contributed by atoms with E-state index in [-0.39, 0.29) is 12.2 Å². The largest absolute Gasteiger partial charge is 0.481 e. The van der Waals surface area contributed by atoms with E-state index in [1.165, 1.54) is 0 Å². The molecule has 4 heteroatoms. The van der Waals surface area contributed by atoms with Crippen LogP contribution in [0.15, 0.2) is 36.5 Å². The van der Waals surface area contributed by atoms with Crippen LogP contribution in [0.5, 0.6) is 0 Å². The van der Waals surface area contributed by atoms with E-state index in [4.69, 9.17) is 5.11 Å². The smallest absolute Gasteiger partial charge is 0.303 e. The number of aliphatic hydroxyl groups excluding tert-OH is 1. The average Bonchev–Trinajstić information content (AvgIpc) is 2.49. The predicted molar refractivity (Wildman–Crippen MR) is 88.7 cm³/mol. The molecule has 0 bridgehead atoms. The molecule has 0 saturated heterocycles. The van der Waals surface area contributed by atoms with Crippen LogP contribution in [0.4, 0.5) is 0 Å². The highest BCUT2D eigenvalue weighted by atomic mass is 16.4. The molecule has 0 saturated carbocycles. The number of hydrogen-bond donors (Lipinski definition) is 2. The third kappa shape index (κ3) is 14.7. The first-order chi connectivity index (χ1) is 10.6. The Hall–Kier alpha value is -1.68. The monoisotopic (exact) mass is 308 g/mol. The summed E-state index contributed by atoms with van der Waals surface area (Å²) in [6.45, 7) is 1.91. The number of aliphatic hydroxyl groups is 1. The van der Waals surface area contributed by atoms with E-state index in [9.17, 15) is 14.7 Å². The Kier molecular flexibility index (Phi) is 13.2. The van der Waals surface area contributed by atoms with Crippen LogP contribution in [0.25, 0.3) is 0 Å². The summed E-state index contributed by atoms with van der Waals surface area (Å²) in [6.07, 6.45) is 15.8. The molecule has 0 rings (SSSR count). The number of carbonyl (C=O) groups excluding carboxylic acids is 1. The van der Waals surface area contributed by atoms with Crippen molar-refractivity contribution >= 4 is 11.8 Å². The van der Waals surface area contributed by atoms with Crippen molar-refractivity contribution in [3.63, 3.8) is 0 Å². The Labute approximate surface area is 133 Å². The lowest BCUT2D eigenvalue weighted by Gasteiger charge is -1.98.